The molecule has 0 N–H and O–H groups in total. The molecule has 0 radical (unpaired) electrons. The van der Waals surface area contributed by atoms with Gasteiger partial charge in [-0.2, -0.15) is 11.3 Å². The van der Waals surface area contributed by atoms with Gasteiger partial charge in [0, 0.05) is 33.1 Å². The maximum Gasteiger partial charge on any atom is 0.224 e. The Morgan fingerprint density at radius 1 is 1.39 bits per heavy atom. The molecule has 2 amide bonds. The van der Waals surface area contributed by atoms with Crippen molar-refractivity contribution in [2.75, 3.05) is 33.3 Å². The fourth-order valence-corrected chi connectivity index (χ4v) is 4.13. The molecule has 6 heteroatoms. The van der Waals surface area contributed by atoms with Crippen LogP contribution in [0.25, 0.3) is 0 Å². The number of amides is 2. The lowest BCUT2D eigenvalue weighted by molar-refractivity contribution is -0.139. The van der Waals surface area contributed by atoms with Crippen molar-refractivity contribution in [3.63, 3.8) is 0 Å². The van der Waals surface area contributed by atoms with Gasteiger partial charge in [-0.3, -0.25) is 9.59 Å². The molecule has 0 atom stereocenters. The molecule has 3 heterocycles. The van der Waals surface area contributed by atoms with Gasteiger partial charge in [-0.15, -0.1) is 0 Å². The average molecular weight is 336 g/mol. The first kappa shape index (κ1) is 16.5. The fraction of sp³-hybridized carbons (Fsp3) is 0.647. The Kier molecular flexibility index (Phi) is 5.02. The van der Waals surface area contributed by atoms with Gasteiger partial charge in [0.1, 0.15) is 0 Å². The van der Waals surface area contributed by atoms with E-state index in [1.807, 2.05) is 17.3 Å². The van der Waals surface area contributed by atoms with Gasteiger partial charge in [0.15, 0.2) is 0 Å². The van der Waals surface area contributed by atoms with Crippen molar-refractivity contribution in [3.8, 4) is 0 Å². The number of hydrogen-bond donors (Lipinski definition) is 0. The second kappa shape index (κ2) is 7.01. The van der Waals surface area contributed by atoms with Crippen LogP contribution in [-0.2, 0) is 20.7 Å². The summed E-state index contributed by atoms with van der Waals surface area (Å²) in [5, 5.41) is 4.15. The van der Waals surface area contributed by atoms with Crippen LogP contribution in [0.5, 0.6) is 0 Å². The van der Waals surface area contributed by atoms with Crippen LogP contribution >= 0.6 is 11.3 Å². The highest BCUT2D eigenvalue weighted by Gasteiger charge is 2.40. The monoisotopic (exact) mass is 336 g/mol. The molecule has 1 aromatic rings. The van der Waals surface area contributed by atoms with Crippen molar-refractivity contribution in [3.05, 3.63) is 22.4 Å². The van der Waals surface area contributed by atoms with Crippen molar-refractivity contribution < 1.29 is 14.3 Å². The quantitative estimate of drug-likeness (QED) is 0.847. The fourth-order valence-electron chi connectivity index (χ4n) is 3.42. The van der Waals surface area contributed by atoms with Gasteiger partial charge in [0.2, 0.25) is 11.8 Å². The molecule has 2 aliphatic heterocycles. The number of aryl methyl sites for hydroxylation is 1. The van der Waals surface area contributed by atoms with E-state index in [9.17, 15) is 9.59 Å². The molecule has 23 heavy (non-hydrogen) atoms. The van der Waals surface area contributed by atoms with Crippen molar-refractivity contribution in [2.45, 2.75) is 37.7 Å². The van der Waals surface area contributed by atoms with E-state index in [-0.39, 0.29) is 17.4 Å². The molecule has 0 saturated carbocycles. The summed E-state index contributed by atoms with van der Waals surface area (Å²) in [6.07, 6.45) is 3.48. The second-order valence-corrected chi connectivity index (χ2v) is 7.32. The maximum absolute atomic E-state index is 12.4. The molecular weight excluding hydrogens is 312 g/mol. The topological polar surface area (TPSA) is 49.9 Å². The van der Waals surface area contributed by atoms with E-state index in [1.165, 1.54) is 5.56 Å². The van der Waals surface area contributed by atoms with Crippen LogP contribution in [0.2, 0.25) is 0 Å². The summed E-state index contributed by atoms with van der Waals surface area (Å²) >= 11 is 1.67. The van der Waals surface area contributed by atoms with Crippen molar-refractivity contribution in [1.29, 1.82) is 0 Å². The smallest absolute Gasteiger partial charge is 0.224 e. The highest BCUT2D eigenvalue weighted by molar-refractivity contribution is 7.07. The van der Waals surface area contributed by atoms with Crippen LogP contribution in [0.3, 0.4) is 0 Å². The first-order valence-electron chi connectivity index (χ1n) is 8.25. The number of thiophene rings is 1. The molecular formula is C17H24N2O3S. The predicted octanol–water partition coefficient (Wildman–Crippen LogP) is 1.92. The lowest BCUT2D eigenvalue weighted by atomic mass is 9.90. The second-order valence-electron chi connectivity index (χ2n) is 6.54. The molecule has 3 rings (SSSR count). The van der Waals surface area contributed by atoms with Gasteiger partial charge < -0.3 is 14.5 Å². The van der Waals surface area contributed by atoms with Gasteiger partial charge >= 0.3 is 0 Å². The Morgan fingerprint density at radius 3 is 2.87 bits per heavy atom. The Bertz CT molecular complexity index is 550. The Morgan fingerprint density at radius 2 is 2.17 bits per heavy atom. The summed E-state index contributed by atoms with van der Waals surface area (Å²) in [5.41, 5.74) is 0.981. The van der Waals surface area contributed by atoms with Gasteiger partial charge in [-0.05, 0) is 41.7 Å². The van der Waals surface area contributed by atoms with Crippen molar-refractivity contribution in [2.24, 2.45) is 0 Å². The molecule has 2 fully saturated rings. The third-order valence-electron chi connectivity index (χ3n) is 4.91. The van der Waals surface area contributed by atoms with Gasteiger partial charge in [0.25, 0.3) is 0 Å². The zero-order valence-corrected chi connectivity index (χ0v) is 14.4. The van der Waals surface area contributed by atoms with Gasteiger partial charge in [0.05, 0.1) is 18.6 Å². The number of likely N-dealkylation sites (N-methyl/N-ethyl adjacent to an activating group) is 1. The lowest BCUT2D eigenvalue weighted by Crippen LogP contribution is -2.52. The third kappa shape index (κ3) is 3.93. The summed E-state index contributed by atoms with van der Waals surface area (Å²) in [6, 6.07) is 2.08. The lowest BCUT2D eigenvalue weighted by Gasteiger charge is -2.42. The normalized spacial score (nSPS) is 21.5. The van der Waals surface area contributed by atoms with Crippen LogP contribution in [0, 0.1) is 0 Å². The summed E-state index contributed by atoms with van der Waals surface area (Å²) in [7, 11) is 1.84. The first-order chi connectivity index (χ1) is 11.1. The van der Waals surface area contributed by atoms with Crippen LogP contribution in [0.1, 0.15) is 31.2 Å². The zero-order chi connectivity index (χ0) is 16.3. The summed E-state index contributed by atoms with van der Waals surface area (Å²) in [5.74, 6) is 0.375. The third-order valence-corrected chi connectivity index (χ3v) is 5.64. The zero-order valence-electron chi connectivity index (χ0n) is 13.6. The number of piperidine rings is 1. The first-order valence-corrected chi connectivity index (χ1v) is 9.19. The largest absolute Gasteiger partial charge is 0.372 e. The Hall–Kier alpha value is -1.40. The van der Waals surface area contributed by atoms with Gasteiger partial charge in [-0.1, -0.05) is 0 Å². The van der Waals surface area contributed by atoms with Crippen molar-refractivity contribution >= 4 is 23.2 Å². The Balaban J connectivity index is 1.51. The van der Waals surface area contributed by atoms with E-state index in [0.717, 1.165) is 32.4 Å². The number of carbonyl (C=O) groups is 2. The van der Waals surface area contributed by atoms with Crippen molar-refractivity contribution in [1.82, 2.24) is 9.80 Å². The molecule has 2 saturated heterocycles. The molecule has 126 valence electrons. The van der Waals surface area contributed by atoms with E-state index >= 15 is 0 Å². The van der Waals surface area contributed by atoms with Crippen LogP contribution in [0.4, 0.5) is 0 Å². The SMILES string of the molecule is CN1CC2(CCN(C(=O)CCc3ccsc3)CC2)OCCC1=O. The van der Waals surface area contributed by atoms with E-state index in [0.29, 0.717) is 26.0 Å². The molecule has 0 bridgehead atoms. The number of nitrogens with zero attached hydrogens (tertiary/aromatic N) is 2. The van der Waals surface area contributed by atoms with Gasteiger partial charge in [-0.25, -0.2) is 0 Å². The highest BCUT2D eigenvalue weighted by Crippen LogP contribution is 2.30. The highest BCUT2D eigenvalue weighted by atomic mass is 32.1. The molecule has 0 unspecified atom stereocenters. The maximum atomic E-state index is 12.4. The average Bonchev–Trinajstić information content (AvgIpc) is 3.02. The summed E-state index contributed by atoms with van der Waals surface area (Å²) in [6.45, 7) is 2.59. The Labute approximate surface area is 141 Å². The standard InChI is InChI=1S/C17H24N2O3S/c1-18-13-17(22-10-4-15(18)20)6-8-19(9-7-17)16(21)3-2-14-5-11-23-12-14/h5,11-12H,2-4,6-10,13H2,1H3. The molecule has 1 aromatic heterocycles. The molecule has 0 aromatic carbocycles. The number of rotatable bonds is 3. The minimum Gasteiger partial charge on any atom is -0.372 e. The van der Waals surface area contributed by atoms with E-state index in [4.69, 9.17) is 4.74 Å². The van der Waals surface area contributed by atoms with E-state index < -0.39 is 0 Å². The van der Waals surface area contributed by atoms with E-state index in [1.54, 1.807) is 16.2 Å². The summed E-state index contributed by atoms with van der Waals surface area (Å²) in [4.78, 5) is 27.9. The minimum atomic E-state index is -0.259. The number of hydrogen-bond acceptors (Lipinski definition) is 4. The predicted molar refractivity (Wildman–Crippen MR) is 89.4 cm³/mol. The molecule has 5 nitrogen and oxygen atoms in total. The number of ether oxygens (including phenoxy) is 1. The molecule has 1 spiro atoms. The molecule has 0 aliphatic carbocycles. The minimum absolute atomic E-state index is 0.149. The summed E-state index contributed by atoms with van der Waals surface area (Å²) < 4.78 is 6.02. The number of carbonyl (C=O) groups excluding carboxylic acids is 2. The van der Waals surface area contributed by atoms with Crippen LogP contribution in [0.15, 0.2) is 16.8 Å². The number of likely N-dealkylation sites (tertiary alicyclic amines) is 1. The molecule has 2 aliphatic rings. The van der Waals surface area contributed by atoms with E-state index in [2.05, 4.69) is 11.4 Å². The van der Waals surface area contributed by atoms with Crippen LogP contribution in [-0.4, -0.2) is 60.5 Å². The van der Waals surface area contributed by atoms with Crippen LogP contribution < -0.4 is 0 Å².